The molecular weight excluding hydrogens is 734 g/mol. The average molecular weight is 792 g/mol. The van der Waals surface area contributed by atoms with Crippen molar-refractivity contribution in [2.75, 3.05) is 12.4 Å². The van der Waals surface area contributed by atoms with Crippen LogP contribution in [-0.4, -0.2) is 84.8 Å². The largest absolute Gasteiger partial charge is 0.507 e. The van der Waals surface area contributed by atoms with E-state index < -0.39 is 125 Å². The van der Waals surface area contributed by atoms with Gasteiger partial charge in [-0.05, 0) is 44.4 Å². The lowest BCUT2D eigenvalue weighted by Gasteiger charge is -2.38. The molecule has 3 aliphatic rings. The molecule has 2 aromatic carbocycles. The number of nitrogens with zero attached hydrogens (tertiary/aromatic N) is 2. The van der Waals surface area contributed by atoms with E-state index in [1.54, 1.807) is 33.8 Å². The normalized spacial score (nSPS) is 32.0. The summed E-state index contributed by atoms with van der Waals surface area (Å²) in [6, 6.07) is -1.62. The van der Waals surface area contributed by atoms with E-state index in [0.29, 0.717) is 0 Å². The van der Waals surface area contributed by atoms with Crippen molar-refractivity contribution in [2.45, 2.75) is 92.4 Å². The monoisotopic (exact) mass is 791 g/mol. The number of phenolic OH excluding ortho intramolecular Hbond substituents is 2. The molecule has 14 heteroatoms. The first-order chi connectivity index (χ1) is 29.3. The topological polar surface area (TPSA) is 198 Å². The van der Waals surface area contributed by atoms with Crippen molar-refractivity contribution in [3.63, 3.8) is 0 Å². The fraction of sp³-hybridized carbons (Fsp3) is 0.442. The first-order valence-corrected chi connectivity index (χ1v) is 18.5. The number of pyridine rings is 1. The van der Waals surface area contributed by atoms with Crippen LogP contribution in [0.2, 0.25) is 0 Å². The third kappa shape index (κ3) is 7.10. The zero-order chi connectivity index (χ0) is 46.9. The van der Waals surface area contributed by atoms with E-state index in [1.165, 1.54) is 53.0 Å². The summed E-state index contributed by atoms with van der Waals surface area (Å²) >= 11 is 0. The number of anilines is 1. The van der Waals surface area contributed by atoms with Gasteiger partial charge in [0.05, 0.1) is 39.6 Å². The highest BCUT2D eigenvalue weighted by Gasteiger charge is 2.50. The predicted octanol–water partition coefficient (Wildman–Crippen LogP) is 6.16. The van der Waals surface area contributed by atoms with Gasteiger partial charge in [-0.15, -0.1) is 0 Å². The van der Waals surface area contributed by atoms with Crippen molar-refractivity contribution in [3.8, 4) is 17.2 Å². The lowest BCUT2D eigenvalue weighted by atomic mass is 9.78. The number of methoxy groups -OCH3 is 1. The number of esters is 1. The number of hydrogen-bond donors (Lipinski definition) is 5. The summed E-state index contributed by atoms with van der Waals surface area (Å²) in [6.07, 6.45) is 2.21. The van der Waals surface area contributed by atoms with Gasteiger partial charge in [-0.2, -0.15) is 0 Å². The number of carbonyl (C=O) groups is 3. The van der Waals surface area contributed by atoms with Gasteiger partial charge in [0.15, 0.2) is 5.75 Å². The van der Waals surface area contributed by atoms with Gasteiger partial charge in [0.25, 0.3) is 11.7 Å². The molecule has 7 rings (SSSR count). The second-order valence-corrected chi connectivity index (χ2v) is 15.1. The number of amides is 1. The average Bonchev–Trinajstić information content (AvgIpc) is 3.74. The van der Waals surface area contributed by atoms with Crippen molar-refractivity contribution >= 4 is 50.8 Å². The Labute approximate surface area is 338 Å². The molecule has 0 saturated carbocycles. The molecule has 4 aromatic rings. The number of ketones is 1. The van der Waals surface area contributed by atoms with Gasteiger partial charge in [-0.1, -0.05) is 45.9 Å². The standard InChI is InChI=1S/C43H51N3O11/c1-19-14-16-46-28(18-19)44-32-29-30-37(50)25(7)40-31(29)41(52)43(9,57-40)55-17-15-27(54-10)22(4)39(56-26(8)47)24(6)36(49)23(5)35(48)20(2)12-11-13-21(3)42(53)45-33(34(32)46)38(30)51/h11-18,20,22-24,27,35-36,39,48-51H,1-10H3,(H,45,53)/b12-11+,17-15?,21-13-/t20-,22+,23+,24+,27-,35-,36+,39+,43-/m0/s1/i1D3,14D,16D,18D. The highest BCUT2D eigenvalue weighted by Crippen LogP contribution is 2.54. The summed E-state index contributed by atoms with van der Waals surface area (Å²) in [7, 11) is 1.40. The summed E-state index contributed by atoms with van der Waals surface area (Å²) in [5.74, 6) is -8.76. The van der Waals surface area contributed by atoms with E-state index in [0.717, 1.165) is 10.7 Å². The maximum Gasteiger partial charge on any atom is 0.312 e. The van der Waals surface area contributed by atoms with Crippen molar-refractivity contribution in [2.24, 2.45) is 23.7 Å². The molecule has 9 atom stereocenters. The zero-order valence-electron chi connectivity index (χ0n) is 39.0. The minimum atomic E-state index is -3.03. The molecule has 0 spiro atoms. The molecule has 2 aromatic heterocycles. The number of phenols is 2. The number of rotatable bonds is 2. The number of Topliss-reactive ketones (excluding diaryl/α,β-unsaturated/α-hetero) is 1. The van der Waals surface area contributed by atoms with E-state index in [1.807, 2.05) is 0 Å². The van der Waals surface area contributed by atoms with Crippen LogP contribution in [0.15, 0.2) is 54.4 Å². The van der Waals surface area contributed by atoms with Gasteiger partial charge in [-0.25, -0.2) is 4.98 Å². The number of aliphatic hydroxyl groups excluding tert-OH is 2. The third-order valence-corrected chi connectivity index (χ3v) is 11.2. The van der Waals surface area contributed by atoms with Crippen molar-refractivity contribution in [1.82, 2.24) is 9.38 Å². The molecule has 0 radical (unpaired) electrons. The van der Waals surface area contributed by atoms with Crippen LogP contribution >= 0.6 is 0 Å². The lowest BCUT2D eigenvalue weighted by Crippen LogP contribution is -2.46. The molecule has 5 bridgehead atoms. The second-order valence-electron chi connectivity index (χ2n) is 15.1. The van der Waals surface area contributed by atoms with Crippen LogP contribution in [0.4, 0.5) is 5.69 Å². The number of aromatic nitrogens is 2. The number of fused-ring (bicyclic) bond motifs is 14. The molecule has 14 nitrogen and oxygen atoms in total. The van der Waals surface area contributed by atoms with Crippen molar-refractivity contribution in [1.29, 1.82) is 0 Å². The Morgan fingerprint density at radius 3 is 2.44 bits per heavy atom. The molecule has 0 aliphatic carbocycles. The first kappa shape index (κ1) is 33.7. The number of nitrogens with one attached hydrogen (secondary N) is 1. The predicted molar refractivity (Wildman–Crippen MR) is 213 cm³/mol. The fourth-order valence-electron chi connectivity index (χ4n) is 7.74. The molecule has 0 fully saturated rings. The first-order valence-electron chi connectivity index (χ1n) is 21.5. The Morgan fingerprint density at radius 1 is 1.05 bits per heavy atom. The molecule has 5 N–H and O–H groups in total. The second kappa shape index (κ2) is 15.5. The summed E-state index contributed by atoms with van der Waals surface area (Å²) in [6.45, 7) is 9.09. The molecule has 3 aliphatic heterocycles. The van der Waals surface area contributed by atoms with Crippen molar-refractivity contribution in [3.05, 3.63) is 71.1 Å². The van der Waals surface area contributed by atoms with E-state index in [-0.39, 0.29) is 44.3 Å². The Morgan fingerprint density at radius 2 is 1.77 bits per heavy atom. The number of aliphatic hydroxyl groups is 2. The minimum Gasteiger partial charge on any atom is -0.507 e. The van der Waals surface area contributed by atoms with Gasteiger partial charge < -0.3 is 44.7 Å². The van der Waals surface area contributed by atoms with Crippen LogP contribution in [0.25, 0.3) is 27.5 Å². The molecule has 57 heavy (non-hydrogen) atoms. The molecular formula is C43H51N3O11. The van der Waals surface area contributed by atoms with E-state index in [4.69, 9.17) is 27.2 Å². The van der Waals surface area contributed by atoms with E-state index >= 15 is 0 Å². The van der Waals surface area contributed by atoms with Crippen LogP contribution in [0.3, 0.4) is 0 Å². The molecule has 0 unspecified atom stereocenters. The van der Waals surface area contributed by atoms with Gasteiger partial charge in [0.1, 0.15) is 40.0 Å². The maximum absolute atomic E-state index is 14.7. The summed E-state index contributed by atoms with van der Waals surface area (Å²) < 4.78 is 75.2. The van der Waals surface area contributed by atoms with Crippen LogP contribution < -0.4 is 10.1 Å². The van der Waals surface area contributed by atoms with Gasteiger partial charge in [-0.3, -0.25) is 18.8 Å². The fourth-order valence-corrected chi connectivity index (χ4v) is 7.74. The lowest BCUT2D eigenvalue weighted by molar-refractivity contribution is -0.160. The van der Waals surface area contributed by atoms with Crippen LogP contribution in [-0.2, 0) is 23.8 Å². The maximum atomic E-state index is 14.7. The third-order valence-electron chi connectivity index (χ3n) is 11.2. The zero-order valence-corrected chi connectivity index (χ0v) is 33.0. The Bertz CT molecular complexity index is 2660. The molecule has 0 saturated heterocycles. The van der Waals surface area contributed by atoms with Gasteiger partial charge in [0.2, 0.25) is 0 Å². The SMILES string of the molecule is [2H]c1c(C([2H])([2H])[2H])c([2H])c2nc3c4c5c6c(C)c(O)c4c(O)c(c3n2c1[2H])NC(=O)/C(C)=C\C=C\[C@H](C)[C@H](O)[C@@H](C)[C@@H](O)[C@@H](C)[C@H](OC(C)=O)[C@H](C)[C@@H](OC)C=CO[C@@](C)(O6)C5=O. The number of hydrogen-bond acceptors (Lipinski definition) is 12. The highest BCUT2D eigenvalue weighted by atomic mass is 16.7. The number of carbonyl (C=O) groups excluding carboxylic acids is 3. The van der Waals surface area contributed by atoms with Crippen LogP contribution in [0.5, 0.6) is 17.2 Å². The Balaban J connectivity index is 1.66. The number of aromatic hydroxyl groups is 2. The minimum absolute atomic E-state index is 0.0317. The smallest absolute Gasteiger partial charge is 0.312 e. The van der Waals surface area contributed by atoms with Crippen LogP contribution in [0, 0.1) is 37.4 Å². The summed E-state index contributed by atoms with van der Waals surface area (Å²) in [5.41, 5.74) is -2.53. The van der Waals surface area contributed by atoms with Crippen molar-refractivity contribution < 1.29 is 62.0 Å². The van der Waals surface area contributed by atoms with E-state index in [2.05, 4.69) is 10.3 Å². The Kier molecular flexibility index (Phi) is 9.15. The molecule has 1 amide bonds. The highest BCUT2D eigenvalue weighted by molar-refractivity contribution is 6.28. The van der Waals surface area contributed by atoms with Gasteiger partial charge in [0, 0.05) is 71.4 Å². The van der Waals surface area contributed by atoms with E-state index in [9.17, 15) is 34.8 Å². The number of ether oxygens (including phenoxy) is 4. The summed E-state index contributed by atoms with van der Waals surface area (Å²) in [4.78, 5) is 45.6. The molecule has 304 valence electrons. The van der Waals surface area contributed by atoms with Gasteiger partial charge >= 0.3 is 11.8 Å². The summed E-state index contributed by atoms with van der Waals surface area (Å²) in [5, 5.41) is 48.8. The van der Waals surface area contributed by atoms with Crippen LogP contribution in [0.1, 0.15) is 78.2 Å². The number of allylic oxidation sites excluding steroid dienone is 2. The Hall–Kier alpha value is -5.44. The number of benzene rings is 2. The molecule has 5 heterocycles. The number of imidazole rings is 1. The quantitative estimate of drug-likeness (QED) is 0.115.